The number of methoxy groups -OCH3 is 1. The first-order valence-electron chi connectivity index (χ1n) is 7.19. The van der Waals surface area contributed by atoms with E-state index in [4.69, 9.17) is 4.74 Å². The van der Waals surface area contributed by atoms with Crippen molar-refractivity contribution in [3.05, 3.63) is 29.6 Å². The third kappa shape index (κ3) is 3.57. The molecule has 0 spiro atoms. The molecule has 0 aromatic heterocycles. The normalized spacial score (nSPS) is 20.4. The second-order valence-electron chi connectivity index (χ2n) is 5.56. The number of carbonyl (C=O) groups excluding carboxylic acids is 1. The predicted molar refractivity (Wildman–Crippen MR) is 76.7 cm³/mol. The lowest BCUT2D eigenvalue weighted by molar-refractivity contribution is 0.0939. The van der Waals surface area contributed by atoms with Crippen molar-refractivity contribution in [1.29, 1.82) is 0 Å². The van der Waals surface area contributed by atoms with Crippen molar-refractivity contribution >= 4 is 5.78 Å². The molecule has 110 valence electrons. The van der Waals surface area contributed by atoms with E-state index in [1.807, 2.05) is 0 Å². The largest absolute Gasteiger partial charge is 0.496 e. The lowest BCUT2D eigenvalue weighted by atomic mass is 9.83. The fourth-order valence-electron chi connectivity index (χ4n) is 2.83. The summed E-state index contributed by atoms with van der Waals surface area (Å²) in [4.78, 5) is 12.4. The van der Waals surface area contributed by atoms with Crippen LogP contribution in [0.4, 0.5) is 4.39 Å². The minimum absolute atomic E-state index is 0.0422. The van der Waals surface area contributed by atoms with E-state index in [1.165, 1.54) is 25.3 Å². The van der Waals surface area contributed by atoms with Gasteiger partial charge in [0, 0.05) is 6.42 Å². The highest BCUT2D eigenvalue weighted by molar-refractivity contribution is 5.98. The van der Waals surface area contributed by atoms with Crippen LogP contribution in [-0.2, 0) is 0 Å². The number of benzene rings is 1. The molecule has 1 aliphatic heterocycles. The van der Waals surface area contributed by atoms with Gasteiger partial charge in [0.05, 0.1) is 12.7 Å². The first-order valence-corrected chi connectivity index (χ1v) is 7.19. The summed E-state index contributed by atoms with van der Waals surface area (Å²) in [6, 6.07) is 4.09. The van der Waals surface area contributed by atoms with Gasteiger partial charge >= 0.3 is 0 Å². The Balaban J connectivity index is 2.05. The van der Waals surface area contributed by atoms with Gasteiger partial charge in [-0.25, -0.2) is 4.39 Å². The molecule has 0 bridgehead atoms. The van der Waals surface area contributed by atoms with Gasteiger partial charge in [0.1, 0.15) is 11.6 Å². The van der Waals surface area contributed by atoms with Gasteiger partial charge in [0.2, 0.25) is 0 Å². The van der Waals surface area contributed by atoms with Crippen molar-refractivity contribution in [2.75, 3.05) is 20.2 Å². The zero-order valence-corrected chi connectivity index (χ0v) is 12.1. The van der Waals surface area contributed by atoms with Crippen molar-refractivity contribution in [1.82, 2.24) is 5.32 Å². The SMILES string of the molecule is COc1ccc(F)cc1C(=O)CC(C)C1CCCNC1. The Hall–Kier alpha value is -1.42. The molecular formula is C16H22FNO2. The van der Waals surface area contributed by atoms with Crippen LogP contribution in [0.15, 0.2) is 18.2 Å². The van der Waals surface area contributed by atoms with Crippen LogP contribution >= 0.6 is 0 Å². The molecule has 0 saturated carbocycles. The Morgan fingerprint density at radius 1 is 1.55 bits per heavy atom. The van der Waals surface area contributed by atoms with Crippen LogP contribution in [0.5, 0.6) is 5.75 Å². The molecule has 2 unspecified atom stereocenters. The Morgan fingerprint density at radius 2 is 2.35 bits per heavy atom. The number of halogens is 1. The highest BCUT2D eigenvalue weighted by Gasteiger charge is 2.24. The van der Waals surface area contributed by atoms with E-state index in [2.05, 4.69) is 12.2 Å². The summed E-state index contributed by atoms with van der Waals surface area (Å²) in [6.07, 6.45) is 2.75. The molecule has 0 aliphatic carbocycles. The van der Waals surface area contributed by atoms with Gasteiger partial charge in [-0.15, -0.1) is 0 Å². The summed E-state index contributed by atoms with van der Waals surface area (Å²) in [5, 5.41) is 3.36. The Labute approximate surface area is 119 Å². The zero-order chi connectivity index (χ0) is 14.5. The molecule has 2 rings (SSSR count). The van der Waals surface area contributed by atoms with Crippen molar-refractivity contribution in [2.45, 2.75) is 26.2 Å². The summed E-state index contributed by atoms with van der Waals surface area (Å²) < 4.78 is 18.5. The van der Waals surface area contributed by atoms with Crippen molar-refractivity contribution in [3.63, 3.8) is 0 Å². The van der Waals surface area contributed by atoms with Crippen LogP contribution in [-0.4, -0.2) is 26.0 Å². The summed E-state index contributed by atoms with van der Waals surface area (Å²) in [7, 11) is 1.50. The highest BCUT2D eigenvalue weighted by atomic mass is 19.1. The highest BCUT2D eigenvalue weighted by Crippen LogP contribution is 2.27. The number of hydrogen-bond acceptors (Lipinski definition) is 3. The molecule has 20 heavy (non-hydrogen) atoms. The number of rotatable bonds is 5. The van der Waals surface area contributed by atoms with Crippen LogP contribution in [0.3, 0.4) is 0 Å². The van der Waals surface area contributed by atoms with E-state index in [9.17, 15) is 9.18 Å². The minimum atomic E-state index is -0.402. The maximum absolute atomic E-state index is 13.3. The molecule has 2 atom stereocenters. The molecule has 3 nitrogen and oxygen atoms in total. The lowest BCUT2D eigenvalue weighted by Crippen LogP contribution is -2.34. The molecule has 1 aromatic rings. The summed E-state index contributed by atoms with van der Waals surface area (Å²) in [6.45, 7) is 4.13. The van der Waals surface area contributed by atoms with Gasteiger partial charge in [0.25, 0.3) is 0 Å². The molecule has 0 amide bonds. The van der Waals surface area contributed by atoms with E-state index in [0.29, 0.717) is 29.6 Å². The zero-order valence-electron chi connectivity index (χ0n) is 12.1. The second-order valence-corrected chi connectivity index (χ2v) is 5.56. The molecule has 1 fully saturated rings. The third-order valence-electron chi connectivity index (χ3n) is 4.11. The number of ether oxygens (including phenoxy) is 1. The molecule has 4 heteroatoms. The summed E-state index contributed by atoms with van der Waals surface area (Å²) in [5.41, 5.74) is 0.350. The first-order chi connectivity index (χ1) is 9.61. The molecule has 1 aromatic carbocycles. The first kappa shape index (κ1) is 15.0. The van der Waals surface area contributed by atoms with Gasteiger partial charge in [0.15, 0.2) is 5.78 Å². The van der Waals surface area contributed by atoms with E-state index >= 15 is 0 Å². The van der Waals surface area contributed by atoms with Crippen LogP contribution in [0.25, 0.3) is 0 Å². The van der Waals surface area contributed by atoms with Gasteiger partial charge in [-0.1, -0.05) is 6.92 Å². The second kappa shape index (κ2) is 6.84. The quantitative estimate of drug-likeness (QED) is 0.842. The van der Waals surface area contributed by atoms with Crippen LogP contribution in [0, 0.1) is 17.7 Å². The minimum Gasteiger partial charge on any atom is -0.496 e. The summed E-state index contributed by atoms with van der Waals surface area (Å²) >= 11 is 0. The van der Waals surface area contributed by atoms with E-state index in [-0.39, 0.29) is 5.78 Å². The predicted octanol–water partition coefficient (Wildman–Crippen LogP) is 3.04. The fraction of sp³-hybridized carbons (Fsp3) is 0.562. The smallest absolute Gasteiger partial charge is 0.166 e. The number of ketones is 1. The van der Waals surface area contributed by atoms with E-state index in [0.717, 1.165) is 25.9 Å². The molecule has 0 radical (unpaired) electrons. The maximum Gasteiger partial charge on any atom is 0.166 e. The topological polar surface area (TPSA) is 38.3 Å². The van der Waals surface area contributed by atoms with Crippen LogP contribution in [0.2, 0.25) is 0 Å². The molecule has 1 aliphatic rings. The van der Waals surface area contributed by atoms with Gasteiger partial charge in [-0.2, -0.15) is 0 Å². The van der Waals surface area contributed by atoms with E-state index in [1.54, 1.807) is 0 Å². The molecule has 1 N–H and O–H groups in total. The molecule has 1 saturated heterocycles. The number of hydrogen-bond donors (Lipinski definition) is 1. The van der Waals surface area contributed by atoms with Crippen LogP contribution in [0.1, 0.15) is 36.5 Å². The third-order valence-corrected chi connectivity index (χ3v) is 4.11. The summed E-state index contributed by atoms with van der Waals surface area (Å²) in [5.74, 6) is 0.821. The van der Waals surface area contributed by atoms with Gasteiger partial charge in [-0.3, -0.25) is 4.79 Å². The average Bonchev–Trinajstić information content (AvgIpc) is 2.48. The number of carbonyl (C=O) groups is 1. The number of Topliss-reactive ketones (excluding diaryl/α,β-unsaturated/α-hetero) is 1. The van der Waals surface area contributed by atoms with Gasteiger partial charge in [-0.05, 0) is 56.0 Å². The Morgan fingerprint density at radius 3 is 3.00 bits per heavy atom. The number of piperidine rings is 1. The van der Waals surface area contributed by atoms with Crippen molar-refractivity contribution in [3.8, 4) is 5.75 Å². The maximum atomic E-state index is 13.3. The van der Waals surface area contributed by atoms with Crippen molar-refractivity contribution < 1.29 is 13.9 Å². The average molecular weight is 279 g/mol. The number of nitrogens with one attached hydrogen (secondary N) is 1. The Bertz CT molecular complexity index is 470. The monoisotopic (exact) mass is 279 g/mol. The van der Waals surface area contributed by atoms with Crippen molar-refractivity contribution in [2.24, 2.45) is 11.8 Å². The molecular weight excluding hydrogens is 257 g/mol. The fourth-order valence-corrected chi connectivity index (χ4v) is 2.83. The Kier molecular flexibility index (Phi) is 5.12. The van der Waals surface area contributed by atoms with Crippen LogP contribution < -0.4 is 10.1 Å². The lowest BCUT2D eigenvalue weighted by Gasteiger charge is -2.28. The van der Waals surface area contributed by atoms with E-state index < -0.39 is 5.82 Å². The molecule has 1 heterocycles. The standard InChI is InChI=1S/C16H22FNO2/c1-11(12-4-3-7-18-10-12)8-15(19)14-9-13(17)5-6-16(14)20-2/h5-6,9,11-12,18H,3-4,7-8,10H2,1-2H3. The van der Waals surface area contributed by atoms with Gasteiger partial charge < -0.3 is 10.1 Å².